The number of hydrogen-bond acceptors (Lipinski definition) is 6. The fraction of sp³-hybridized carbons (Fsp3) is 0.676. The van der Waals surface area contributed by atoms with Crippen molar-refractivity contribution in [3.8, 4) is 0 Å². The van der Waals surface area contributed by atoms with Crippen molar-refractivity contribution in [2.24, 2.45) is 34.8 Å². The molecule has 2 aliphatic carbocycles. The Labute approximate surface area is 284 Å². The number of urea groups is 1. The maximum absolute atomic E-state index is 14.4. The van der Waals surface area contributed by atoms with Crippen molar-refractivity contribution >= 4 is 35.3 Å². The number of nitrogens with one attached hydrogen (secondary N) is 3. The average Bonchev–Trinajstić information content (AvgIpc) is 3.49. The molecule has 1 unspecified atom stereocenters. The van der Waals surface area contributed by atoms with Crippen molar-refractivity contribution in [2.45, 2.75) is 123 Å². The highest BCUT2D eigenvalue weighted by atomic mass is 16.2. The second-order valence-electron chi connectivity index (χ2n) is 15.5. The first kappa shape index (κ1) is 37.1. The van der Waals surface area contributed by atoms with Gasteiger partial charge in [-0.1, -0.05) is 103 Å². The maximum Gasteiger partial charge on any atom is 0.316 e. The van der Waals surface area contributed by atoms with Crippen LogP contribution in [-0.4, -0.2) is 70.9 Å². The topological polar surface area (TPSA) is 168 Å². The number of hydrogen-bond donors (Lipinski definition) is 4. The molecule has 3 fully saturated rings. The summed E-state index contributed by atoms with van der Waals surface area (Å²) in [6, 6.07) is 4.57. The average molecular weight is 666 g/mol. The fourth-order valence-electron chi connectivity index (χ4n) is 7.41. The van der Waals surface area contributed by atoms with E-state index in [1.807, 2.05) is 40.7 Å². The minimum absolute atomic E-state index is 0.00830. The van der Waals surface area contributed by atoms with E-state index in [1.165, 1.54) is 4.90 Å². The number of primary amides is 1. The van der Waals surface area contributed by atoms with Gasteiger partial charge in [0.2, 0.25) is 17.6 Å². The van der Waals surface area contributed by atoms with Crippen LogP contribution in [0.15, 0.2) is 30.3 Å². The number of benzene rings is 1. The van der Waals surface area contributed by atoms with Crippen LogP contribution in [0.3, 0.4) is 0 Å². The summed E-state index contributed by atoms with van der Waals surface area (Å²) in [6.07, 6.45) is 8.38. The minimum Gasteiger partial charge on any atom is -0.363 e. The molecule has 264 valence electrons. The third-order valence-electron chi connectivity index (χ3n) is 10.4. The zero-order valence-corrected chi connectivity index (χ0v) is 29.3. The highest BCUT2D eigenvalue weighted by Gasteiger charge is 2.48. The first-order valence-electron chi connectivity index (χ1n) is 17.8. The lowest BCUT2D eigenvalue weighted by atomic mass is 9.84. The Morgan fingerprint density at radius 3 is 2.10 bits per heavy atom. The molecule has 1 aromatic rings. The van der Waals surface area contributed by atoms with Gasteiger partial charge in [0.05, 0.1) is 12.1 Å². The number of rotatable bonds is 15. The van der Waals surface area contributed by atoms with Crippen LogP contribution < -0.4 is 21.7 Å². The summed E-state index contributed by atoms with van der Waals surface area (Å²) in [7, 11) is 0. The number of amides is 5. The van der Waals surface area contributed by atoms with Gasteiger partial charge in [0.1, 0.15) is 12.1 Å². The van der Waals surface area contributed by atoms with Crippen LogP contribution in [0.5, 0.6) is 0 Å². The van der Waals surface area contributed by atoms with Gasteiger partial charge in [-0.25, -0.2) is 4.79 Å². The monoisotopic (exact) mass is 665 g/mol. The van der Waals surface area contributed by atoms with Gasteiger partial charge in [-0.05, 0) is 54.8 Å². The summed E-state index contributed by atoms with van der Waals surface area (Å²) in [5.41, 5.74) is 5.12. The van der Waals surface area contributed by atoms with Gasteiger partial charge >= 0.3 is 6.03 Å². The van der Waals surface area contributed by atoms with E-state index >= 15 is 0 Å². The Bertz CT molecular complexity index is 1330. The predicted molar refractivity (Wildman–Crippen MR) is 183 cm³/mol. The Morgan fingerprint density at radius 1 is 0.896 bits per heavy atom. The summed E-state index contributed by atoms with van der Waals surface area (Å²) in [4.78, 5) is 81.7. The van der Waals surface area contributed by atoms with Gasteiger partial charge in [-0.3, -0.25) is 24.0 Å². The number of likely N-dealkylation sites (tertiary alicyclic amines) is 1. The number of nitrogens with two attached hydrogens (primary N) is 1. The first-order chi connectivity index (χ1) is 22.7. The molecule has 2 saturated carbocycles. The van der Waals surface area contributed by atoms with Crippen LogP contribution in [0.4, 0.5) is 4.79 Å². The molecule has 11 nitrogen and oxygen atoms in total. The van der Waals surface area contributed by atoms with E-state index in [4.69, 9.17) is 5.73 Å². The Morgan fingerprint density at radius 2 is 1.54 bits per heavy atom. The molecule has 1 aromatic carbocycles. The predicted octanol–water partition coefficient (Wildman–Crippen LogP) is 4.13. The zero-order valence-electron chi connectivity index (χ0n) is 29.3. The van der Waals surface area contributed by atoms with E-state index in [1.54, 1.807) is 24.3 Å². The van der Waals surface area contributed by atoms with Crippen LogP contribution >= 0.6 is 0 Å². The van der Waals surface area contributed by atoms with E-state index < -0.39 is 59.1 Å². The van der Waals surface area contributed by atoms with Gasteiger partial charge in [-0.15, -0.1) is 0 Å². The normalized spacial score (nSPS) is 21.8. The summed E-state index contributed by atoms with van der Waals surface area (Å²) < 4.78 is 0. The largest absolute Gasteiger partial charge is 0.363 e. The summed E-state index contributed by atoms with van der Waals surface area (Å²) in [5.74, 6) is -2.57. The highest BCUT2D eigenvalue weighted by molar-refractivity contribution is 6.37. The summed E-state index contributed by atoms with van der Waals surface area (Å²) >= 11 is 0. The molecule has 5 amide bonds. The molecular weight excluding hydrogens is 610 g/mol. The Balaban J connectivity index is 1.52. The lowest BCUT2D eigenvalue weighted by molar-refractivity contribution is -0.144. The van der Waals surface area contributed by atoms with Gasteiger partial charge in [0.15, 0.2) is 5.78 Å². The van der Waals surface area contributed by atoms with Crippen LogP contribution in [0.1, 0.15) is 109 Å². The zero-order chi connectivity index (χ0) is 35.2. The molecule has 1 saturated heterocycles. The van der Waals surface area contributed by atoms with Crippen LogP contribution in [0.2, 0.25) is 0 Å². The van der Waals surface area contributed by atoms with Crippen molar-refractivity contribution < 1.29 is 28.8 Å². The van der Waals surface area contributed by atoms with E-state index in [-0.39, 0.29) is 23.5 Å². The number of nitrogens with zero attached hydrogens (tertiary/aromatic N) is 1. The third kappa shape index (κ3) is 9.44. The van der Waals surface area contributed by atoms with Gasteiger partial charge in [-0.2, -0.15) is 0 Å². The quantitative estimate of drug-likeness (QED) is 0.162. The Kier molecular flexibility index (Phi) is 12.4. The molecule has 0 radical (unpaired) electrons. The standard InChI is InChI=1S/C37H55N5O6/c1-22(2)26-20-21-42(29(26)34(46)39-27(31(44)33(38)45)17-11-12-23-18-19-23)35(47)32(37(3,4)5)41-36(48)40-28(24-13-9-10-14-24)30(43)25-15-7-6-8-16-25/h6-8,15-16,22-24,26-29,32H,9-14,17-21H2,1-5H3,(H2,38,45)(H,39,46)(H2,40,41,48)/t26-,27?,28+,29+,32-/m1/s1. The van der Waals surface area contributed by atoms with Crippen molar-refractivity contribution in [1.29, 1.82) is 0 Å². The molecule has 0 spiro atoms. The second-order valence-corrected chi connectivity index (χ2v) is 15.5. The molecule has 11 heteroatoms. The van der Waals surface area contributed by atoms with Crippen molar-refractivity contribution in [1.82, 2.24) is 20.9 Å². The van der Waals surface area contributed by atoms with E-state index in [9.17, 15) is 28.8 Å². The van der Waals surface area contributed by atoms with Gasteiger partial charge < -0.3 is 26.6 Å². The van der Waals surface area contributed by atoms with Crippen LogP contribution in [0.25, 0.3) is 0 Å². The molecule has 3 aliphatic rings. The van der Waals surface area contributed by atoms with E-state index in [0.717, 1.165) is 44.9 Å². The number of ketones is 2. The van der Waals surface area contributed by atoms with E-state index in [0.29, 0.717) is 37.3 Å². The molecular formula is C37H55N5O6. The Hall–Kier alpha value is -3.76. The van der Waals surface area contributed by atoms with Crippen molar-refractivity contribution in [2.75, 3.05) is 6.54 Å². The minimum atomic E-state index is -1.10. The second kappa shape index (κ2) is 16.1. The lowest BCUT2D eigenvalue weighted by Gasteiger charge is -2.37. The van der Waals surface area contributed by atoms with Crippen molar-refractivity contribution in [3.63, 3.8) is 0 Å². The molecule has 5 atom stereocenters. The first-order valence-corrected chi connectivity index (χ1v) is 17.8. The SMILES string of the molecule is CC(C)[C@H]1CCN(C(=O)[C@@H](NC(=O)N[C@H](C(=O)c2ccccc2)C2CCCC2)C(C)(C)C)[C@@H]1C(=O)NC(CCCC1CC1)C(=O)C(N)=O. The molecule has 5 N–H and O–H groups in total. The van der Waals surface area contributed by atoms with Crippen molar-refractivity contribution in [3.05, 3.63) is 35.9 Å². The number of Topliss-reactive ketones (excluding diaryl/α,β-unsaturated/α-hetero) is 2. The smallest absolute Gasteiger partial charge is 0.316 e. The molecule has 48 heavy (non-hydrogen) atoms. The lowest BCUT2D eigenvalue weighted by Crippen LogP contribution is -2.62. The summed E-state index contributed by atoms with van der Waals surface area (Å²) in [6.45, 7) is 9.79. The molecule has 1 aliphatic heterocycles. The molecule has 1 heterocycles. The van der Waals surface area contributed by atoms with Crippen LogP contribution in [-0.2, 0) is 19.2 Å². The number of carbonyl (C=O) groups is 6. The third-order valence-corrected chi connectivity index (χ3v) is 10.4. The van der Waals surface area contributed by atoms with Gasteiger partial charge in [0.25, 0.3) is 5.91 Å². The molecule has 4 rings (SSSR count). The van der Waals surface area contributed by atoms with Gasteiger partial charge in [0, 0.05) is 12.1 Å². The summed E-state index contributed by atoms with van der Waals surface area (Å²) in [5, 5.41) is 8.58. The van der Waals surface area contributed by atoms with E-state index in [2.05, 4.69) is 16.0 Å². The van der Waals surface area contributed by atoms with Crippen LogP contribution in [0, 0.1) is 29.1 Å². The highest BCUT2D eigenvalue weighted by Crippen LogP contribution is 2.35. The molecule has 0 aromatic heterocycles. The fourth-order valence-corrected chi connectivity index (χ4v) is 7.41. The number of carbonyl (C=O) groups excluding carboxylic acids is 6. The molecule has 0 bridgehead atoms. The maximum atomic E-state index is 14.4.